The molecule has 0 aliphatic rings. The molecule has 2 aromatic rings. The van der Waals surface area contributed by atoms with Crippen molar-refractivity contribution in [2.45, 2.75) is 40.2 Å². The summed E-state index contributed by atoms with van der Waals surface area (Å²) in [6, 6.07) is 13.3. The Morgan fingerprint density at radius 2 is 1.52 bits per heavy atom. The largest absolute Gasteiger partial charge is 0.501 e. The molecule has 5 heteroatoms. The molecule has 0 bridgehead atoms. The van der Waals surface area contributed by atoms with Crippen LogP contribution in [0, 0.1) is 6.92 Å². The molecule has 0 aliphatic heterocycles. The molecule has 25 heavy (non-hydrogen) atoms. The number of pyridine rings is 1. The van der Waals surface area contributed by atoms with E-state index in [2.05, 4.69) is 42.2 Å². The summed E-state index contributed by atoms with van der Waals surface area (Å²) in [5, 5.41) is 0. The van der Waals surface area contributed by atoms with E-state index in [0.717, 1.165) is 18.2 Å². The third-order valence-corrected chi connectivity index (χ3v) is 7.12. The average Bonchev–Trinajstić information content (AvgIpc) is 2.61. The number of aromatic nitrogens is 1. The molecule has 0 saturated heterocycles. The highest BCUT2D eigenvalue weighted by atomic mass is 28.4. The number of benzene rings is 1. The minimum absolute atomic E-state index is 0.604. The van der Waals surface area contributed by atoms with Gasteiger partial charge in [0.15, 0.2) is 0 Å². The molecule has 1 aromatic carbocycles. The van der Waals surface area contributed by atoms with Gasteiger partial charge < -0.3 is 13.3 Å². The molecular weight excluding hydrogens is 330 g/mol. The zero-order chi connectivity index (χ0) is 18.1. The van der Waals surface area contributed by atoms with Crippen LogP contribution < -0.4 is 0 Å². The second-order valence-corrected chi connectivity index (χ2v) is 8.54. The van der Waals surface area contributed by atoms with E-state index in [1.54, 1.807) is 0 Å². The lowest BCUT2D eigenvalue weighted by Gasteiger charge is -2.28. The smallest absolute Gasteiger partial charge is 0.374 e. The maximum atomic E-state index is 5.98. The molecule has 2 rings (SSSR count). The average molecular weight is 360 g/mol. The van der Waals surface area contributed by atoms with Crippen LogP contribution in [-0.2, 0) is 19.7 Å². The zero-order valence-corrected chi connectivity index (χ0v) is 16.7. The first-order valence-corrected chi connectivity index (χ1v) is 11.0. The second kappa shape index (κ2) is 9.82. The molecule has 136 valence electrons. The Balaban J connectivity index is 2.26. The number of aryl methyl sites for hydroxylation is 2. The van der Waals surface area contributed by atoms with E-state index < -0.39 is 8.80 Å². The first kappa shape index (κ1) is 19.8. The molecule has 0 atom stereocenters. The first-order chi connectivity index (χ1) is 12.2. The van der Waals surface area contributed by atoms with Gasteiger partial charge in [-0.05, 0) is 51.3 Å². The maximum absolute atomic E-state index is 5.98. The molecule has 0 spiro atoms. The van der Waals surface area contributed by atoms with Crippen LogP contribution in [0.4, 0.5) is 0 Å². The first-order valence-electron chi connectivity index (χ1n) is 9.07. The Labute approximate surface area is 152 Å². The summed E-state index contributed by atoms with van der Waals surface area (Å²) < 4.78 is 17.9. The number of rotatable bonds is 10. The topological polar surface area (TPSA) is 40.6 Å². The summed E-state index contributed by atoms with van der Waals surface area (Å²) in [4.78, 5) is 4.58. The van der Waals surface area contributed by atoms with Crippen LogP contribution in [0.2, 0.25) is 6.04 Å². The van der Waals surface area contributed by atoms with Crippen molar-refractivity contribution in [3.63, 3.8) is 0 Å². The summed E-state index contributed by atoms with van der Waals surface area (Å²) in [6.45, 7) is 9.88. The minimum Gasteiger partial charge on any atom is -0.374 e. The van der Waals surface area contributed by atoms with Crippen molar-refractivity contribution in [1.82, 2.24) is 4.98 Å². The number of nitrogens with zero attached hydrogens (tertiary/aromatic N) is 1. The lowest BCUT2D eigenvalue weighted by Crippen LogP contribution is -2.46. The Hall–Kier alpha value is -1.53. The number of hydrogen-bond donors (Lipinski definition) is 0. The van der Waals surface area contributed by atoms with E-state index in [9.17, 15) is 0 Å². The molecule has 0 aliphatic carbocycles. The van der Waals surface area contributed by atoms with Gasteiger partial charge in [-0.2, -0.15) is 0 Å². The van der Waals surface area contributed by atoms with Crippen molar-refractivity contribution < 1.29 is 13.3 Å². The van der Waals surface area contributed by atoms with Gasteiger partial charge in [0.25, 0.3) is 0 Å². The molecule has 4 nitrogen and oxygen atoms in total. The molecule has 0 fully saturated rings. The fourth-order valence-electron chi connectivity index (χ4n) is 3.03. The third-order valence-electron chi connectivity index (χ3n) is 4.08. The summed E-state index contributed by atoms with van der Waals surface area (Å²) in [5.41, 5.74) is 4.64. The Morgan fingerprint density at radius 1 is 0.880 bits per heavy atom. The summed E-state index contributed by atoms with van der Waals surface area (Å²) in [7, 11) is -2.64. The van der Waals surface area contributed by atoms with Gasteiger partial charge in [-0.25, -0.2) is 0 Å². The van der Waals surface area contributed by atoms with Gasteiger partial charge in [-0.3, -0.25) is 4.98 Å². The monoisotopic (exact) mass is 359 g/mol. The minimum atomic E-state index is -2.64. The van der Waals surface area contributed by atoms with Crippen LogP contribution in [0.3, 0.4) is 0 Å². The van der Waals surface area contributed by atoms with E-state index in [1.807, 2.05) is 33.0 Å². The fraction of sp³-hybridized carbons (Fsp3) is 0.450. The van der Waals surface area contributed by atoms with Gasteiger partial charge in [0.05, 0.1) is 5.69 Å². The van der Waals surface area contributed by atoms with Gasteiger partial charge in [0, 0.05) is 37.6 Å². The lowest BCUT2D eigenvalue weighted by molar-refractivity contribution is 0.0714. The van der Waals surface area contributed by atoms with Crippen molar-refractivity contribution in [3.05, 3.63) is 53.7 Å². The van der Waals surface area contributed by atoms with E-state index in [4.69, 9.17) is 13.3 Å². The summed E-state index contributed by atoms with van der Waals surface area (Å²) in [6.07, 6.45) is 2.69. The molecule has 0 N–H and O–H groups in total. The van der Waals surface area contributed by atoms with Crippen LogP contribution in [-0.4, -0.2) is 33.6 Å². The van der Waals surface area contributed by atoms with E-state index in [1.165, 1.54) is 16.7 Å². The van der Waals surface area contributed by atoms with Crippen LogP contribution in [0.25, 0.3) is 11.3 Å². The highest BCUT2D eigenvalue weighted by Gasteiger charge is 2.40. The molecule has 0 amide bonds. The normalized spacial score (nSPS) is 11.7. The standard InChI is InChI=1S/C20H29NO3Si/c1-5-22-25(23-6-2,24-7-3)16-14-18-12-8-9-13-19(18)20-17(4)11-10-15-21-20/h8-13,15H,5-7,14,16H2,1-4H3. The second-order valence-electron chi connectivity index (χ2n) is 5.81. The van der Waals surface area contributed by atoms with E-state index in [-0.39, 0.29) is 0 Å². The SMILES string of the molecule is CCO[Si](CCc1ccccc1-c1ncccc1C)(OCC)OCC. The summed E-state index contributed by atoms with van der Waals surface area (Å²) >= 11 is 0. The van der Waals surface area contributed by atoms with Crippen molar-refractivity contribution in [2.24, 2.45) is 0 Å². The zero-order valence-electron chi connectivity index (χ0n) is 15.7. The Kier molecular flexibility index (Phi) is 7.77. The molecule has 0 radical (unpaired) electrons. The lowest BCUT2D eigenvalue weighted by atomic mass is 9.99. The molecule has 1 aromatic heterocycles. The predicted octanol–water partition coefficient (Wildman–Crippen LogP) is 4.65. The van der Waals surface area contributed by atoms with E-state index >= 15 is 0 Å². The summed E-state index contributed by atoms with van der Waals surface area (Å²) in [5.74, 6) is 0. The molecule has 0 saturated carbocycles. The Bertz CT molecular complexity index is 646. The fourth-order valence-corrected chi connectivity index (χ4v) is 5.60. The Morgan fingerprint density at radius 3 is 2.12 bits per heavy atom. The third kappa shape index (κ3) is 5.22. The van der Waals surface area contributed by atoms with Crippen LogP contribution in [0.15, 0.2) is 42.6 Å². The van der Waals surface area contributed by atoms with Gasteiger partial charge in [0.2, 0.25) is 0 Å². The van der Waals surface area contributed by atoms with E-state index in [0.29, 0.717) is 19.8 Å². The molecular formula is C20H29NO3Si. The predicted molar refractivity (Wildman–Crippen MR) is 104 cm³/mol. The van der Waals surface area contributed by atoms with Crippen molar-refractivity contribution in [3.8, 4) is 11.3 Å². The van der Waals surface area contributed by atoms with Crippen molar-refractivity contribution in [1.29, 1.82) is 0 Å². The van der Waals surface area contributed by atoms with Crippen LogP contribution >= 0.6 is 0 Å². The maximum Gasteiger partial charge on any atom is 0.501 e. The van der Waals surface area contributed by atoms with Crippen molar-refractivity contribution in [2.75, 3.05) is 19.8 Å². The van der Waals surface area contributed by atoms with Gasteiger partial charge >= 0.3 is 8.80 Å². The highest BCUT2D eigenvalue weighted by Crippen LogP contribution is 2.28. The number of hydrogen-bond acceptors (Lipinski definition) is 4. The quantitative estimate of drug-likeness (QED) is 0.579. The molecule has 1 heterocycles. The van der Waals surface area contributed by atoms with Gasteiger partial charge in [-0.1, -0.05) is 30.3 Å². The highest BCUT2D eigenvalue weighted by molar-refractivity contribution is 6.60. The van der Waals surface area contributed by atoms with Crippen LogP contribution in [0.5, 0.6) is 0 Å². The van der Waals surface area contributed by atoms with Crippen LogP contribution in [0.1, 0.15) is 31.9 Å². The van der Waals surface area contributed by atoms with Gasteiger partial charge in [0.1, 0.15) is 0 Å². The molecule has 0 unspecified atom stereocenters. The van der Waals surface area contributed by atoms with Gasteiger partial charge in [-0.15, -0.1) is 0 Å². The van der Waals surface area contributed by atoms with Crippen molar-refractivity contribution >= 4 is 8.80 Å².